The van der Waals surface area contributed by atoms with Gasteiger partial charge in [0.1, 0.15) is 5.82 Å². The van der Waals surface area contributed by atoms with Crippen molar-refractivity contribution in [2.75, 3.05) is 0 Å². The quantitative estimate of drug-likeness (QED) is 0.446. The van der Waals surface area contributed by atoms with Gasteiger partial charge in [0.15, 0.2) is 11.6 Å². The zero-order valence-electron chi connectivity index (χ0n) is 9.50. The number of carbonyl (C=O) groups is 2. The van der Waals surface area contributed by atoms with Crippen LogP contribution < -0.4 is 0 Å². The summed E-state index contributed by atoms with van der Waals surface area (Å²) in [5.41, 5.74) is 1.47. The van der Waals surface area contributed by atoms with E-state index in [2.05, 4.69) is 0 Å². The van der Waals surface area contributed by atoms with Crippen LogP contribution in [0.2, 0.25) is 0 Å². The second kappa shape index (κ2) is 4.84. The van der Waals surface area contributed by atoms with E-state index in [1.165, 1.54) is 32.1 Å². The summed E-state index contributed by atoms with van der Waals surface area (Å²) in [6.45, 7) is 4.44. The maximum atomic E-state index is 13.0. The van der Waals surface area contributed by atoms with Gasteiger partial charge in [0.05, 0.1) is 5.57 Å². The number of carbonyl (C=O) groups excluding carboxylic acids is 2. The maximum Gasteiger partial charge on any atom is 0.163 e. The van der Waals surface area contributed by atoms with Crippen molar-refractivity contribution in [1.29, 1.82) is 0 Å². The summed E-state index contributed by atoms with van der Waals surface area (Å²) in [5.74, 6) is -1.00. The van der Waals surface area contributed by atoms with E-state index >= 15 is 0 Å². The van der Waals surface area contributed by atoms with Gasteiger partial charge in [-0.25, -0.2) is 4.39 Å². The third kappa shape index (κ3) is 2.86. The molecule has 0 aliphatic carbocycles. The van der Waals surface area contributed by atoms with E-state index in [9.17, 15) is 14.0 Å². The molecule has 0 spiro atoms. The second-order valence-electron chi connectivity index (χ2n) is 3.67. The van der Waals surface area contributed by atoms with E-state index in [4.69, 9.17) is 0 Å². The Labute approximate surface area is 93.8 Å². The standard InChI is InChI=1S/C13H13FO2/c1-8-4-5-12(14)6-11(8)7-13(9(2)15)10(3)16/h4-7H,1-3H3. The normalized spacial score (nSPS) is 9.75. The van der Waals surface area contributed by atoms with Crippen LogP contribution in [0.15, 0.2) is 23.8 Å². The topological polar surface area (TPSA) is 34.1 Å². The van der Waals surface area contributed by atoms with E-state index in [1.807, 2.05) is 0 Å². The van der Waals surface area contributed by atoms with Gasteiger partial charge in [-0.1, -0.05) is 6.07 Å². The van der Waals surface area contributed by atoms with Crippen molar-refractivity contribution in [3.8, 4) is 0 Å². The van der Waals surface area contributed by atoms with Crippen molar-refractivity contribution in [2.45, 2.75) is 20.8 Å². The number of halogens is 1. The SMILES string of the molecule is CC(=O)C(=Cc1cc(F)ccc1C)C(C)=O. The van der Waals surface area contributed by atoms with Crippen molar-refractivity contribution in [3.63, 3.8) is 0 Å². The first-order valence-corrected chi connectivity index (χ1v) is 4.91. The highest BCUT2D eigenvalue weighted by molar-refractivity contribution is 6.21. The first-order chi connectivity index (χ1) is 7.41. The number of aryl methyl sites for hydroxylation is 1. The molecule has 0 fully saturated rings. The molecule has 0 aliphatic heterocycles. The van der Waals surface area contributed by atoms with Crippen LogP contribution in [0, 0.1) is 12.7 Å². The van der Waals surface area contributed by atoms with Gasteiger partial charge in [-0.2, -0.15) is 0 Å². The fraction of sp³-hybridized carbons (Fsp3) is 0.231. The van der Waals surface area contributed by atoms with Crippen molar-refractivity contribution < 1.29 is 14.0 Å². The summed E-state index contributed by atoms with van der Waals surface area (Å²) < 4.78 is 13.0. The molecule has 3 heteroatoms. The Morgan fingerprint density at radius 3 is 2.25 bits per heavy atom. The van der Waals surface area contributed by atoms with Gasteiger partial charge in [-0.05, 0) is 50.1 Å². The van der Waals surface area contributed by atoms with Gasteiger partial charge in [0.2, 0.25) is 0 Å². The predicted octanol–water partition coefficient (Wildman–Crippen LogP) is 2.70. The van der Waals surface area contributed by atoms with E-state index in [-0.39, 0.29) is 23.0 Å². The van der Waals surface area contributed by atoms with Crippen LogP contribution in [0.1, 0.15) is 25.0 Å². The maximum absolute atomic E-state index is 13.0. The van der Waals surface area contributed by atoms with Crippen molar-refractivity contribution in [2.24, 2.45) is 0 Å². The summed E-state index contributed by atoms with van der Waals surface area (Å²) in [6, 6.07) is 4.26. The predicted molar refractivity (Wildman–Crippen MR) is 60.5 cm³/mol. The number of allylic oxidation sites excluding steroid dienone is 1. The molecule has 1 aromatic rings. The summed E-state index contributed by atoms with van der Waals surface area (Å²) in [6.07, 6.45) is 1.43. The molecule has 0 aliphatic rings. The molecule has 0 aromatic heterocycles. The highest BCUT2D eigenvalue weighted by atomic mass is 19.1. The molecule has 1 rings (SSSR count). The van der Waals surface area contributed by atoms with Crippen LogP contribution >= 0.6 is 0 Å². The fourth-order valence-corrected chi connectivity index (χ4v) is 1.37. The molecule has 2 nitrogen and oxygen atoms in total. The average Bonchev–Trinajstić information content (AvgIpc) is 2.18. The van der Waals surface area contributed by atoms with Crippen molar-refractivity contribution in [1.82, 2.24) is 0 Å². The number of ketones is 2. The molecule has 0 amide bonds. The highest BCUT2D eigenvalue weighted by Crippen LogP contribution is 2.15. The van der Waals surface area contributed by atoms with E-state index in [0.717, 1.165) is 5.56 Å². The third-order valence-electron chi connectivity index (χ3n) is 2.30. The van der Waals surface area contributed by atoms with E-state index < -0.39 is 0 Å². The van der Waals surface area contributed by atoms with E-state index in [0.29, 0.717) is 5.56 Å². The zero-order valence-corrected chi connectivity index (χ0v) is 9.50. The van der Waals surface area contributed by atoms with Crippen LogP contribution in [0.4, 0.5) is 4.39 Å². The molecular formula is C13H13FO2. The summed E-state index contributed by atoms with van der Waals surface area (Å²) >= 11 is 0. The van der Waals surface area contributed by atoms with Gasteiger partial charge < -0.3 is 0 Å². The molecule has 0 heterocycles. The minimum Gasteiger partial charge on any atom is -0.294 e. The lowest BCUT2D eigenvalue weighted by atomic mass is 10.0. The Morgan fingerprint density at radius 2 is 1.75 bits per heavy atom. The second-order valence-corrected chi connectivity index (χ2v) is 3.67. The van der Waals surface area contributed by atoms with Gasteiger partial charge >= 0.3 is 0 Å². The van der Waals surface area contributed by atoms with Crippen molar-refractivity contribution >= 4 is 17.6 Å². The minimum absolute atomic E-state index is 0.0914. The molecule has 0 saturated heterocycles. The molecule has 0 saturated carbocycles. The molecule has 84 valence electrons. The van der Waals surface area contributed by atoms with Gasteiger partial charge in [-0.15, -0.1) is 0 Å². The monoisotopic (exact) mass is 220 g/mol. The molecule has 16 heavy (non-hydrogen) atoms. The number of Topliss-reactive ketones (excluding diaryl/α,β-unsaturated/α-hetero) is 2. The number of rotatable bonds is 3. The van der Waals surface area contributed by atoms with Crippen LogP contribution in [-0.2, 0) is 9.59 Å². The Bertz CT molecular complexity index is 457. The third-order valence-corrected chi connectivity index (χ3v) is 2.30. The first-order valence-electron chi connectivity index (χ1n) is 4.91. The van der Waals surface area contributed by atoms with Gasteiger partial charge in [0, 0.05) is 0 Å². The molecule has 0 unspecified atom stereocenters. The Balaban J connectivity index is 3.28. The number of hydrogen-bond donors (Lipinski definition) is 0. The van der Waals surface area contributed by atoms with Crippen molar-refractivity contribution in [3.05, 3.63) is 40.7 Å². The molecule has 0 bridgehead atoms. The largest absolute Gasteiger partial charge is 0.294 e. The summed E-state index contributed by atoms with van der Waals surface area (Å²) in [5, 5.41) is 0. The minimum atomic E-state index is -0.386. The lowest BCUT2D eigenvalue weighted by molar-refractivity contribution is -0.119. The van der Waals surface area contributed by atoms with Crippen LogP contribution in [0.25, 0.3) is 6.08 Å². The van der Waals surface area contributed by atoms with Gasteiger partial charge in [0.25, 0.3) is 0 Å². The highest BCUT2D eigenvalue weighted by Gasteiger charge is 2.10. The van der Waals surface area contributed by atoms with Crippen LogP contribution in [0.3, 0.4) is 0 Å². The molecule has 0 atom stereocenters. The van der Waals surface area contributed by atoms with Crippen LogP contribution in [-0.4, -0.2) is 11.6 Å². The van der Waals surface area contributed by atoms with Gasteiger partial charge in [-0.3, -0.25) is 9.59 Å². The lowest BCUT2D eigenvalue weighted by Gasteiger charge is -2.03. The van der Waals surface area contributed by atoms with Crippen LogP contribution in [0.5, 0.6) is 0 Å². The molecule has 0 N–H and O–H groups in total. The fourth-order valence-electron chi connectivity index (χ4n) is 1.37. The molecular weight excluding hydrogens is 207 g/mol. The summed E-state index contributed by atoms with van der Waals surface area (Å²) in [7, 11) is 0. The summed E-state index contributed by atoms with van der Waals surface area (Å²) in [4.78, 5) is 22.4. The van der Waals surface area contributed by atoms with E-state index in [1.54, 1.807) is 13.0 Å². The smallest absolute Gasteiger partial charge is 0.163 e. The number of benzene rings is 1. The average molecular weight is 220 g/mol. The lowest BCUT2D eigenvalue weighted by Crippen LogP contribution is -2.06. The Morgan fingerprint density at radius 1 is 1.19 bits per heavy atom. The molecule has 0 radical (unpaired) electrons. The first kappa shape index (κ1) is 12.3. The zero-order chi connectivity index (χ0) is 12.3. The Kier molecular flexibility index (Phi) is 3.72. The molecule has 1 aromatic carbocycles. The Hall–Kier alpha value is -1.77. The number of hydrogen-bond acceptors (Lipinski definition) is 2.